The summed E-state index contributed by atoms with van der Waals surface area (Å²) in [6.45, 7) is 5.03. The zero-order valence-electron chi connectivity index (χ0n) is 17.4. The van der Waals surface area contributed by atoms with Crippen LogP contribution in [-0.2, 0) is 15.9 Å². The lowest BCUT2D eigenvalue weighted by atomic mass is 10.1. The van der Waals surface area contributed by atoms with Gasteiger partial charge in [-0.3, -0.25) is 4.99 Å². The molecular weight excluding hydrogens is 340 g/mol. The molecule has 1 fully saturated rings. The SMILES string of the molecule is CN=C(NCC(Cc1ccccc1)N(C)C)N1CCC(COCCOC)C1. The van der Waals surface area contributed by atoms with E-state index in [4.69, 9.17) is 9.47 Å². The molecule has 152 valence electrons. The van der Waals surface area contributed by atoms with Crippen molar-refractivity contribution in [1.82, 2.24) is 15.1 Å². The number of nitrogens with one attached hydrogen (secondary N) is 1. The molecule has 0 aromatic heterocycles. The molecule has 1 saturated heterocycles. The van der Waals surface area contributed by atoms with E-state index in [0.717, 1.165) is 45.0 Å². The largest absolute Gasteiger partial charge is 0.382 e. The minimum Gasteiger partial charge on any atom is -0.382 e. The molecule has 0 radical (unpaired) electrons. The number of nitrogens with zero attached hydrogens (tertiary/aromatic N) is 3. The average molecular weight is 377 g/mol. The second-order valence-electron chi connectivity index (χ2n) is 7.40. The quantitative estimate of drug-likeness (QED) is 0.383. The number of hydrogen-bond acceptors (Lipinski definition) is 4. The van der Waals surface area contributed by atoms with Crippen molar-refractivity contribution in [2.24, 2.45) is 10.9 Å². The molecule has 1 aromatic rings. The van der Waals surface area contributed by atoms with Crippen LogP contribution in [0.25, 0.3) is 0 Å². The second-order valence-corrected chi connectivity index (χ2v) is 7.40. The monoisotopic (exact) mass is 376 g/mol. The van der Waals surface area contributed by atoms with Crippen molar-refractivity contribution in [1.29, 1.82) is 0 Å². The third kappa shape index (κ3) is 7.48. The molecule has 6 nitrogen and oxygen atoms in total. The van der Waals surface area contributed by atoms with E-state index in [-0.39, 0.29) is 0 Å². The lowest BCUT2D eigenvalue weighted by molar-refractivity contribution is 0.0536. The molecule has 0 spiro atoms. The number of aliphatic imine (C=N–C) groups is 1. The molecule has 1 N–H and O–H groups in total. The molecule has 1 aliphatic heterocycles. The molecule has 2 unspecified atom stereocenters. The number of benzene rings is 1. The Morgan fingerprint density at radius 2 is 2.07 bits per heavy atom. The molecule has 2 atom stereocenters. The first-order chi connectivity index (χ1) is 13.1. The topological polar surface area (TPSA) is 49.3 Å². The Labute approximate surface area is 164 Å². The van der Waals surface area contributed by atoms with Gasteiger partial charge in [0.2, 0.25) is 0 Å². The molecular formula is C21H36N4O2. The summed E-state index contributed by atoms with van der Waals surface area (Å²) in [7, 11) is 7.85. The maximum atomic E-state index is 5.70. The molecule has 0 saturated carbocycles. The maximum Gasteiger partial charge on any atom is 0.193 e. The van der Waals surface area contributed by atoms with Gasteiger partial charge in [0.15, 0.2) is 5.96 Å². The average Bonchev–Trinajstić information content (AvgIpc) is 3.14. The smallest absolute Gasteiger partial charge is 0.193 e. The first-order valence-corrected chi connectivity index (χ1v) is 9.86. The van der Waals surface area contributed by atoms with Crippen molar-refractivity contribution in [3.05, 3.63) is 35.9 Å². The van der Waals surface area contributed by atoms with Gasteiger partial charge in [0.1, 0.15) is 0 Å². The van der Waals surface area contributed by atoms with Crippen molar-refractivity contribution in [2.75, 3.05) is 67.7 Å². The van der Waals surface area contributed by atoms with E-state index >= 15 is 0 Å². The summed E-state index contributed by atoms with van der Waals surface area (Å²) in [6, 6.07) is 11.1. The Morgan fingerprint density at radius 3 is 2.74 bits per heavy atom. The van der Waals surface area contributed by atoms with Gasteiger partial charge in [-0.1, -0.05) is 30.3 Å². The van der Waals surface area contributed by atoms with Crippen LogP contribution in [0.4, 0.5) is 0 Å². The first-order valence-electron chi connectivity index (χ1n) is 9.86. The van der Waals surface area contributed by atoms with Crippen molar-refractivity contribution in [3.8, 4) is 0 Å². The number of guanidine groups is 1. The number of hydrogen-bond donors (Lipinski definition) is 1. The molecule has 0 bridgehead atoms. The molecule has 2 rings (SSSR count). The van der Waals surface area contributed by atoms with E-state index < -0.39 is 0 Å². The van der Waals surface area contributed by atoms with Gasteiger partial charge in [0.05, 0.1) is 19.8 Å². The highest BCUT2D eigenvalue weighted by molar-refractivity contribution is 5.80. The molecule has 1 aromatic carbocycles. The van der Waals surface area contributed by atoms with Crippen LogP contribution in [0.15, 0.2) is 35.3 Å². The summed E-state index contributed by atoms with van der Waals surface area (Å²) in [5.74, 6) is 1.56. The molecule has 0 amide bonds. The highest BCUT2D eigenvalue weighted by Gasteiger charge is 2.25. The Kier molecular flexibility index (Phi) is 9.59. The molecule has 27 heavy (non-hydrogen) atoms. The number of ether oxygens (including phenoxy) is 2. The van der Waals surface area contributed by atoms with Gasteiger partial charge in [-0.05, 0) is 32.5 Å². The summed E-state index contributed by atoms with van der Waals surface area (Å²) >= 11 is 0. The zero-order chi connectivity index (χ0) is 19.5. The highest BCUT2D eigenvalue weighted by Crippen LogP contribution is 2.16. The Balaban J connectivity index is 1.80. The molecule has 1 aliphatic rings. The van der Waals surface area contributed by atoms with Crippen LogP contribution in [0.3, 0.4) is 0 Å². The van der Waals surface area contributed by atoms with E-state index in [1.807, 2.05) is 7.05 Å². The summed E-state index contributed by atoms with van der Waals surface area (Å²) < 4.78 is 10.7. The van der Waals surface area contributed by atoms with Crippen molar-refractivity contribution in [3.63, 3.8) is 0 Å². The van der Waals surface area contributed by atoms with Gasteiger partial charge in [-0.15, -0.1) is 0 Å². The summed E-state index contributed by atoms with van der Waals surface area (Å²) in [5, 5.41) is 3.58. The lowest BCUT2D eigenvalue weighted by Gasteiger charge is -2.28. The van der Waals surface area contributed by atoms with Crippen molar-refractivity contribution < 1.29 is 9.47 Å². The van der Waals surface area contributed by atoms with Crippen molar-refractivity contribution in [2.45, 2.75) is 18.9 Å². The van der Waals surface area contributed by atoms with Gasteiger partial charge < -0.3 is 24.6 Å². The van der Waals surface area contributed by atoms with E-state index in [1.165, 1.54) is 5.56 Å². The van der Waals surface area contributed by atoms with Crippen LogP contribution >= 0.6 is 0 Å². The van der Waals surface area contributed by atoms with Gasteiger partial charge in [-0.2, -0.15) is 0 Å². The van der Waals surface area contributed by atoms with Gasteiger partial charge in [-0.25, -0.2) is 0 Å². The fourth-order valence-electron chi connectivity index (χ4n) is 3.42. The molecule has 1 heterocycles. The van der Waals surface area contributed by atoms with Gasteiger partial charge in [0, 0.05) is 45.8 Å². The third-order valence-electron chi connectivity index (χ3n) is 5.12. The van der Waals surface area contributed by atoms with E-state index in [0.29, 0.717) is 25.2 Å². The zero-order valence-corrected chi connectivity index (χ0v) is 17.4. The third-order valence-corrected chi connectivity index (χ3v) is 5.12. The van der Waals surface area contributed by atoms with Crippen molar-refractivity contribution >= 4 is 5.96 Å². The van der Waals surface area contributed by atoms with Crippen LogP contribution in [-0.4, -0.2) is 89.5 Å². The summed E-state index contributed by atoms with van der Waals surface area (Å²) in [6.07, 6.45) is 2.17. The van der Waals surface area contributed by atoms with Crippen LogP contribution in [0.5, 0.6) is 0 Å². The number of likely N-dealkylation sites (N-methyl/N-ethyl adjacent to an activating group) is 1. The van der Waals surface area contributed by atoms with E-state index in [2.05, 4.69) is 64.5 Å². The van der Waals surface area contributed by atoms with Gasteiger partial charge in [0.25, 0.3) is 0 Å². The Morgan fingerprint density at radius 1 is 1.30 bits per heavy atom. The summed E-state index contributed by atoms with van der Waals surface area (Å²) in [4.78, 5) is 9.13. The second kappa shape index (κ2) is 12.0. The van der Waals surface area contributed by atoms with Crippen LogP contribution in [0, 0.1) is 5.92 Å². The predicted octanol–water partition coefficient (Wildman–Crippen LogP) is 1.72. The highest BCUT2D eigenvalue weighted by atomic mass is 16.5. The Bertz CT molecular complexity index is 550. The molecule has 0 aliphatic carbocycles. The van der Waals surface area contributed by atoms with E-state index in [1.54, 1.807) is 7.11 Å². The van der Waals surface area contributed by atoms with Gasteiger partial charge >= 0.3 is 0 Å². The number of rotatable bonds is 10. The molecule has 6 heteroatoms. The fourth-order valence-corrected chi connectivity index (χ4v) is 3.42. The van der Waals surface area contributed by atoms with Crippen LogP contribution in [0.2, 0.25) is 0 Å². The first kappa shape index (κ1) is 21.7. The number of likely N-dealkylation sites (tertiary alicyclic amines) is 1. The van der Waals surface area contributed by atoms with E-state index in [9.17, 15) is 0 Å². The Hall–Kier alpha value is -1.63. The lowest BCUT2D eigenvalue weighted by Crippen LogP contribution is -2.47. The fraction of sp³-hybridized carbons (Fsp3) is 0.667. The summed E-state index contributed by atoms with van der Waals surface area (Å²) in [5.41, 5.74) is 1.36. The number of methoxy groups -OCH3 is 1. The maximum absolute atomic E-state index is 5.70. The van der Waals surface area contributed by atoms with Crippen LogP contribution < -0.4 is 5.32 Å². The predicted molar refractivity (Wildman–Crippen MR) is 111 cm³/mol. The van der Waals surface area contributed by atoms with Crippen LogP contribution in [0.1, 0.15) is 12.0 Å². The standard InChI is InChI=1S/C21H36N4O2/c1-22-21(25-11-10-19(16-25)17-27-13-12-26-4)23-15-20(24(2)3)14-18-8-6-5-7-9-18/h5-9,19-20H,10-17H2,1-4H3,(H,22,23). The minimum absolute atomic E-state index is 0.417. The normalized spacial score (nSPS) is 18.9. The minimum atomic E-state index is 0.417.